The number of oxime groups is 1. The van der Waals surface area contributed by atoms with Crippen LogP contribution in [0.3, 0.4) is 0 Å². The molecule has 3 aromatic carbocycles. The van der Waals surface area contributed by atoms with Crippen LogP contribution in [0.5, 0.6) is 0 Å². The SMILES string of the molecule is O/N=C(\CC(c1ccccc1)c1ccccc1)c1ccc(C(F)(F)F)cc1. The maximum absolute atomic E-state index is 12.8. The molecule has 138 valence electrons. The first-order valence-corrected chi connectivity index (χ1v) is 8.47. The van der Waals surface area contributed by atoms with Gasteiger partial charge in [0, 0.05) is 12.3 Å². The Morgan fingerprint density at radius 1 is 0.778 bits per heavy atom. The highest BCUT2D eigenvalue weighted by molar-refractivity contribution is 6.00. The second-order valence-corrected chi connectivity index (χ2v) is 6.20. The highest BCUT2D eigenvalue weighted by atomic mass is 19.4. The molecule has 0 heterocycles. The predicted octanol–water partition coefficient (Wildman–Crippen LogP) is 6.11. The first-order chi connectivity index (χ1) is 13.0. The lowest BCUT2D eigenvalue weighted by Gasteiger charge is -2.19. The van der Waals surface area contributed by atoms with Crippen molar-refractivity contribution < 1.29 is 18.4 Å². The smallest absolute Gasteiger partial charge is 0.411 e. The molecule has 5 heteroatoms. The Morgan fingerprint density at radius 3 is 1.67 bits per heavy atom. The number of rotatable bonds is 5. The highest BCUT2D eigenvalue weighted by Crippen LogP contribution is 2.32. The van der Waals surface area contributed by atoms with Gasteiger partial charge in [0.1, 0.15) is 0 Å². The molecule has 0 amide bonds. The summed E-state index contributed by atoms with van der Waals surface area (Å²) < 4.78 is 38.3. The summed E-state index contributed by atoms with van der Waals surface area (Å²) in [5.74, 6) is -0.0828. The quantitative estimate of drug-likeness (QED) is 0.329. The van der Waals surface area contributed by atoms with Crippen molar-refractivity contribution in [3.63, 3.8) is 0 Å². The van der Waals surface area contributed by atoms with E-state index < -0.39 is 11.7 Å². The summed E-state index contributed by atoms with van der Waals surface area (Å²) in [6, 6.07) is 24.2. The first kappa shape index (κ1) is 18.7. The molecule has 0 unspecified atom stereocenters. The van der Waals surface area contributed by atoms with Gasteiger partial charge >= 0.3 is 6.18 Å². The molecule has 0 fully saturated rings. The zero-order valence-corrected chi connectivity index (χ0v) is 14.4. The Balaban J connectivity index is 1.92. The van der Waals surface area contributed by atoms with E-state index in [2.05, 4.69) is 5.16 Å². The van der Waals surface area contributed by atoms with Gasteiger partial charge in [0.05, 0.1) is 11.3 Å². The van der Waals surface area contributed by atoms with Crippen LogP contribution in [0, 0.1) is 0 Å². The predicted molar refractivity (Wildman–Crippen MR) is 99.1 cm³/mol. The van der Waals surface area contributed by atoms with Gasteiger partial charge in [0.15, 0.2) is 0 Å². The van der Waals surface area contributed by atoms with Crippen LogP contribution in [0.25, 0.3) is 0 Å². The molecule has 0 aromatic heterocycles. The molecular weight excluding hydrogens is 351 g/mol. The second-order valence-electron chi connectivity index (χ2n) is 6.20. The molecular formula is C22H18F3NO. The molecule has 27 heavy (non-hydrogen) atoms. The van der Waals surface area contributed by atoms with Crippen molar-refractivity contribution in [1.82, 2.24) is 0 Å². The van der Waals surface area contributed by atoms with E-state index in [9.17, 15) is 18.4 Å². The topological polar surface area (TPSA) is 32.6 Å². The molecule has 0 saturated heterocycles. The van der Waals surface area contributed by atoms with Gasteiger partial charge in [0.2, 0.25) is 0 Å². The van der Waals surface area contributed by atoms with Crippen LogP contribution in [0.15, 0.2) is 90.1 Å². The molecule has 0 radical (unpaired) electrons. The van der Waals surface area contributed by atoms with Gasteiger partial charge in [-0.2, -0.15) is 13.2 Å². The van der Waals surface area contributed by atoms with Crippen LogP contribution < -0.4 is 0 Å². The third kappa shape index (κ3) is 4.56. The van der Waals surface area contributed by atoms with E-state index in [0.717, 1.165) is 23.3 Å². The van der Waals surface area contributed by atoms with Crippen molar-refractivity contribution in [1.29, 1.82) is 0 Å². The molecule has 3 rings (SSSR count). The minimum atomic E-state index is -4.40. The van der Waals surface area contributed by atoms with Crippen LogP contribution in [-0.4, -0.2) is 10.9 Å². The number of hydrogen-bond donors (Lipinski definition) is 1. The van der Waals surface area contributed by atoms with Crippen LogP contribution in [0.1, 0.15) is 34.6 Å². The van der Waals surface area contributed by atoms with Crippen LogP contribution in [0.4, 0.5) is 13.2 Å². The first-order valence-electron chi connectivity index (χ1n) is 8.47. The third-order valence-electron chi connectivity index (χ3n) is 4.47. The Kier molecular flexibility index (Phi) is 5.60. The Hall–Kier alpha value is -3.08. The molecule has 1 N–H and O–H groups in total. The van der Waals surface area contributed by atoms with Crippen molar-refractivity contribution in [2.45, 2.75) is 18.5 Å². The lowest BCUT2D eigenvalue weighted by Crippen LogP contribution is -2.11. The van der Waals surface area contributed by atoms with Gasteiger partial charge in [-0.25, -0.2) is 0 Å². The minimum absolute atomic E-state index is 0.0828. The summed E-state index contributed by atoms with van der Waals surface area (Å²) in [6.45, 7) is 0. The normalized spacial score (nSPS) is 12.4. The van der Waals surface area contributed by atoms with Crippen LogP contribution in [0.2, 0.25) is 0 Å². The summed E-state index contributed by atoms with van der Waals surface area (Å²) in [4.78, 5) is 0. The van der Waals surface area contributed by atoms with E-state index in [1.165, 1.54) is 12.1 Å². The molecule has 0 saturated carbocycles. The molecule has 2 nitrogen and oxygen atoms in total. The zero-order chi connectivity index (χ0) is 19.3. The lowest BCUT2D eigenvalue weighted by atomic mass is 9.85. The van der Waals surface area contributed by atoms with Gasteiger partial charge in [-0.3, -0.25) is 0 Å². The van der Waals surface area contributed by atoms with E-state index in [1.807, 2.05) is 60.7 Å². The van der Waals surface area contributed by atoms with Crippen molar-refractivity contribution in [2.24, 2.45) is 5.16 Å². The molecule has 0 spiro atoms. The number of benzene rings is 3. The van der Waals surface area contributed by atoms with E-state index >= 15 is 0 Å². The van der Waals surface area contributed by atoms with Gasteiger partial charge in [0.25, 0.3) is 0 Å². The maximum Gasteiger partial charge on any atom is 0.416 e. The fraction of sp³-hybridized carbons (Fsp3) is 0.136. The molecule has 0 aliphatic rings. The van der Waals surface area contributed by atoms with Gasteiger partial charge < -0.3 is 5.21 Å². The van der Waals surface area contributed by atoms with Crippen molar-refractivity contribution >= 4 is 5.71 Å². The van der Waals surface area contributed by atoms with E-state index in [1.54, 1.807) is 0 Å². The average Bonchev–Trinajstić information content (AvgIpc) is 2.70. The molecule has 0 aliphatic carbocycles. The minimum Gasteiger partial charge on any atom is -0.411 e. The standard InChI is InChI=1S/C22H18F3NO/c23-22(24,25)19-13-11-18(12-14-19)21(26-27)15-20(16-7-3-1-4-8-16)17-9-5-2-6-10-17/h1-14,20,27H,15H2/b26-21+. The monoisotopic (exact) mass is 369 g/mol. The number of halogens is 3. The molecule has 3 aromatic rings. The summed E-state index contributed by atoms with van der Waals surface area (Å²) in [6.07, 6.45) is -4.04. The molecule has 0 bridgehead atoms. The summed E-state index contributed by atoms with van der Waals surface area (Å²) in [5.41, 5.74) is 2.14. The molecule has 0 atom stereocenters. The summed E-state index contributed by atoms with van der Waals surface area (Å²) >= 11 is 0. The van der Waals surface area contributed by atoms with Crippen molar-refractivity contribution in [2.75, 3.05) is 0 Å². The maximum atomic E-state index is 12.8. The molecule has 0 aliphatic heterocycles. The van der Waals surface area contributed by atoms with Crippen molar-refractivity contribution in [3.8, 4) is 0 Å². The van der Waals surface area contributed by atoms with Gasteiger partial charge in [-0.05, 0) is 28.8 Å². The fourth-order valence-corrected chi connectivity index (χ4v) is 3.06. The van der Waals surface area contributed by atoms with E-state index in [4.69, 9.17) is 0 Å². The highest BCUT2D eigenvalue weighted by Gasteiger charge is 2.30. The average molecular weight is 369 g/mol. The van der Waals surface area contributed by atoms with Gasteiger partial charge in [-0.15, -0.1) is 0 Å². The number of nitrogens with zero attached hydrogens (tertiary/aromatic N) is 1. The van der Waals surface area contributed by atoms with Gasteiger partial charge in [-0.1, -0.05) is 78.0 Å². The van der Waals surface area contributed by atoms with Crippen LogP contribution >= 0.6 is 0 Å². The zero-order valence-electron chi connectivity index (χ0n) is 14.4. The van der Waals surface area contributed by atoms with Crippen molar-refractivity contribution in [3.05, 3.63) is 107 Å². The third-order valence-corrected chi connectivity index (χ3v) is 4.47. The van der Waals surface area contributed by atoms with E-state index in [0.29, 0.717) is 17.7 Å². The largest absolute Gasteiger partial charge is 0.416 e. The van der Waals surface area contributed by atoms with Crippen LogP contribution in [-0.2, 0) is 6.18 Å². The number of hydrogen-bond acceptors (Lipinski definition) is 2. The Bertz CT molecular complexity index is 849. The van der Waals surface area contributed by atoms with E-state index in [-0.39, 0.29) is 5.92 Å². The summed E-state index contributed by atoms with van der Waals surface area (Å²) in [5, 5.41) is 12.9. The Morgan fingerprint density at radius 2 is 1.26 bits per heavy atom. The lowest BCUT2D eigenvalue weighted by molar-refractivity contribution is -0.137. The summed E-state index contributed by atoms with van der Waals surface area (Å²) in [7, 11) is 0. The Labute approximate surface area is 155 Å². The second kappa shape index (κ2) is 8.08. The fourth-order valence-electron chi connectivity index (χ4n) is 3.06. The number of alkyl halides is 3.